The van der Waals surface area contributed by atoms with Gasteiger partial charge in [-0.2, -0.15) is 0 Å². The van der Waals surface area contributed by atoms with Gasteiger partial charge in [0.1, 0.15) is 5.41 Å². The van der Waals surface area contributed by atoms with Gasteiger partial charge in [0.15, 0.2) is 0 Å². The molecule has 0 bridgehead atoms. The molecule has 1 N–H and O–H groups in total. The van der Waals surface area contributed by atoms with Crippen molar-refractivity contribution in [1.82, 2.24) is 15.1 Å². The number of carbonyl (C=O) groups excluding carboxylic acids is 3. The predicted molar refractivity (Wildman–Crippen MR) is 74.3 cm³/mol. The average molecular weight is 291 g/mol. The van der Waals surface area contributed by atoms with Crippen molar-refractivity contribution in [3.63, 3.8) is 0 Å². The van der Waals surface area contributed by atoms with Crippen molar-refractivity contribution in [3.05, 3.63) is 0 Å². The number of urea groups is 1. The zero-order chi connectivity index (χ0) is 14.6. The van der Waals surface area contributed by atoms with Gasteiger partial charge in [0.05, 0.1) is 6.04 Å². The molecule has 1 spiro atoms. The van der Waals surface area contributed by atoms with E-state index in [1.807, 2.05) is 0 Å². The molecule has 2 saturated heterocycles. The lowest BCUT2D eigenvalue weighted by molar-refractivity contribution is -0.152. The molecule has 2 aliphatic heterocycles. The number of hydrogen-bond donors (Lipinski definition) is 1. The standard InChI is InChI=1S/C15H21N3O3/c19-12-15(6-1-2-7-15)13(20)18(14(21)16-12)11-5-8-17(9-11)10-3-4-10/h10-11H,1-9H2,(H,16,19,21). The van der Waals surface area contributed by atoms with Crippen molar-refractivity contribution in [2.75, 3.05) is 13.1 Å². The molecule has 4 aliphatic rings. The Morgan fingerprint density at radius 2 is 1.71 bits per heavy atom. The molecule has 0 aromatic heterocycles. The first-order valence-electron chi connectivity index (χ1n) is 8.05. The van der Waals surface area contributed by atoms with Crippen LogP contribution in [0.2, 0.25) is 0 Å². The first-order chi connectivity index (χ1) is 10.1. The van der Waals surface area contributed by atoms with Crippen molar-refractivity contribution in [2.24, 2.45) is 5.41 Å². The Morgan fingerprint density at radius 1 is 1.00 bits per heavy atom. The van der Waals surface area contributed by atoms with Crippen LogP contribution in [0.1, 0.15) is 44.9 Å². The van der Waals surface area contributed by atoms with Gasteiger partial charge in [-0.25, -0.2) is 4.79 Å². The van der Waals surface area contributed by atoms with E-state index in [0.717, 1.165) is 32.4 Å². The van der Waals surface area contributed by atoms with Crippen molar-refractivity contribution < 1.29 is 14.4 Å². The number of rotatable bonds is 2. The molecular formula is C15H21N3O3. The molecule has 2 heterocycles. The highest BCUT2D eigenvalue weighted by Gasteiger charge is 2.57. The Labute approximate surface area is 123 Å². The van der Waals surface area contributed by atoms with E-state index in [0.29, 0.717) is 18.9 Å². The van der Waals surface area contributed by atoms with E-state index in [4.69, 9.17) is 0 Å². The third-order valence-corrected chi connectivity index (χ3v) is 5.58. The normalized spacial score (nSPS) is 33.0. The van der Waals surface area contributed by atoms with Gasteiger partial charge < -0.3 is 0 Å². The summed E-state index contributed by atoms with van der Waals surface area (Å²) in [5, 5.41) is 2.44. The Morgan fingerprint density at radius 3 is 2.38 bits per heavy atom. The van der Waals surface area contributed by atoms with Crippen LogP contribution in [0.4, 0.5) is 4.79 Å². The van der Waals surface area contributed by atoms with E-state index in [-0.39, 0.29) is 17.9 Å². The van der Waals surface area contributed by atoms with Crippen LogP contribution in [-0.4, -0.2) is 52.8 Å². The van der Waals surface area contributed by atoms with Crippen molar-refractivity contribution in [3.8, 4) is 0 Å². The topological polar surface area (TPSA) is 69.7 Å². The fourth-order valence-corrected chi connectivity index (χ4v) is 4.20. The van der Waals surface area contributed by atoms with Crippen molar-refractivity contribution >= 4 is 17.8 Å². The number of hydrogen-bond acceptors (Lipinski definition) is 4. The number of nitrogens with zero attached hydrogens (tertiary/aromatic N) is 2. The number of nitrogens with one attached hydrogen (secondary N) is 1. The van der Waals surface area contributed by atoms with Crippen LogP contribution >= 0.6 is 0 Å². The smallest absolute Gasteiger partial charge is 0.298 e. The molecule has 0 radical (unpaired) electrons. The summed E-state index contributed by atoms with van der Waals surface area (Å²) in [6, 6.07) is 0.0777. The first-order valence-corrected chi connectivity index (χ1v) is 8.05. The van der Waals surface area contributed by atoms with Gasteiger partial charge in [-0.3, -0.25) is 24.7 Å². The largest absolute Gasteiger partial charge is 0.331 e. The third-order valence-electron chi connectivity index (χ3n) is 5.58. The highest BCUT2D eigenvalue weighted by atomic mass is 16.2. The minimum absolute atomic E-state index is 0.0660. The predicted octanol–water partition coefficient (Wildman–Crippen LogP) is 0.862. The Hall–Kier alpha value is -1.43. The molecular weight excluding hydrogens is 270 g/mol. The minimum atomic E-state index is -0.957. The van der Waals surface area contributed by atoms with Gasteiger partial charge >= 0.3 is 6.03 Å². The first kappa shape index (κ1) is 13.2. The van der Waals surface area contributed by atoms with Gasteiger partial charge in [-0.15, -0.1) is 0 Å². The fraction of sp³-hybridized carbons (Fsp3) is 0.800. The highest BCUT2D eigenvalue weighted by Crippen LogP contribution is 2.43. The lowest BCUT2D eigenvalue weighted by atomic mass is 9.81. The van der Waals surface area contributed by atoms with Crippen LogP contribution < -0.4 is 5.32 Å². The lowest BCUT2D eigenvalue weighted by Crippen LogP contribution is -2.65. The second-order valence-electron chi connectivity index (χ2n) is 6.89. The molecule has 1 unspecified atom stereocenters. The van der Waals surface area contributed by atoms with Crippen LogP contribution in [0.3, 0.4) is 0 Å². The summed E-state index contributed by atoms with van der Waals surface area (Å²) in [5.74, 6) is -0.611. The quantitative estimate of drug-likeness (QED) is 0.766. The van der Waals surface area contributed by atoms with Gasteiger partial charge in [0.2, 0.25) is 11.8 Å². The molecule has 21 heavy (non-hydrogen) atoms. The molecule has 4 rings (SSSR count). The Balaban J connectivity index is 1.57. The number of barbiturate groups is 1. The molecule has 0 aromatic carbocycles. The zero-order valence-corrected chi connectivity index (χ0v) is 12.1. The molecule has 6 nitrogen and oxygen atoms in total. The molecule has 114 valence electrons. The van der Waals surface area contributed by atoms with E-state index in [9.17, 15) is 14.4 Å². The summed E-state index contributed by atoms with van der Waals surface area (Å²) < 4.78 is 0. The summed E-state index contributed by atoms with van der Waals surface area (Å²) in [7, 11) is 0. The fourth-order valence-electron chi connectivity index (χ4n) is 4.20. The maximum atomic E-state index is 12.9. The molecule has 4 fully saturated rings. The lowest BCUT2D eigenvalue weighted by Gasteiger charge is -2.39. The van der Waals surface area contributed by atoms with Crippen LogP contribution in [0.5, 0.6) is 0 Å². The van der Waals surface area contributed by atoms with Gasteiger partial charge in [0, 0.05) is 19.1 Å². The van der Waals surface area contributed by atoms with Crippen molar-refractivity contribution in [1.29, 1.82) is 0 Å². The second-order valence-corrected chi connectivity index (χ2v) is 6.89. The molecule has 2 aliphatic carbocycles. The highest BCUT2D eigenvalue weighted by molar-refractivity contribution is 6.19. The number of likely N-dealkylation sites (tertiary alicyclic amines) is 1. The summed E-state index contributed by atoms with van der Waals surface area (Å²) in [6.45, 7) is 1.72. The molecule has 4 amide bonds. The molecule has 1 atom stereocenters. The SMILES string of the molecule is O=C1NC(=O)C2(CCCC2)C(=O)N1C1CCN(C2CC2)C1. The van der Waals surface area contributed by atoms with Gasteiger partial charge in [0.25, 0.3) is 0 Å². The van der Waals surface area contributed by atoms with Gasteiger partial charge in [-0.05, 0) is 32.1 Å². The van der Waals surface area contributed by atoms with E-state index in [1.165, 1.54) is 17.7 Å². The number of amides is 4. The molecule has 6 heteroatoms. The van der Waals surface area contributed by atoms with Crippen LogP contribution in [0.15, 0.2) is 0 Å². The van der Waals surface area contributed by atoms with E-state index >= 15 is 0 Å². The monoisotopic (exact) mass is 291 g/mol. The van der Waals surface area contributed by atoms with E-state index < -0.39 is 11.4 Å². The average Bonchev–Trinajstić information content (AvgIpc) is 3.00. The summed E-state index contributed by atoms with van der Waals surface area (Å²) in [6.07, 6.45) is 6.24. The summed E-state index contributed by atoms with van der Waals surface area (Å²) in [4.78, 5) is 41.0. The zero-order valence-electron chi connectivity index (χ0n) is 12.1. The second kappa shape index (κ2) is 4.53. The molecule has 0 aromatic rings. The molecule has 2 saturated carbocycles. The number of carbonyl (C=O) groups is 3. The Kier molecular flexibility index (Phi) is 2.86. The Bertz CT molecular complexity index is 508. The van der Waals surface area contributed by atoms with Crippen LogP contribution in [0, 0.1) is 5.41 Å². The maximum Gasteiger partial charge on any atom is 0.331 e. The number of imide groups is 2. The third kappa shape index (κ3) is 1.92. The summed E-state index contributed by atoms with van der Waals surface area (Å²) in [5.41, 5.74) is -0.957. The maximum absolute atomic E-state index is 12.9. The van der Waals surface area contributed by atoms with Crippen LogP contribution in [-0.2, 0) is 9.59 Å². The minimum Gasteiger partial charge on any atom is -0.298 e. The van der Waals surface area contributed by atoms with Crippen LogP contribution in [0.25, 0.3) is 0 Å². The van der Waals surface area contributed by atoms with E-state index in [2.05, 4.69) is 10.2 Å². The van der Waals surface area contributed by atoms with Gasteiger partial charge in [-0.1, -0.05) is 12.8 Å². The van der Waals surface area contributed by atoms with Crippen molar-refractivity contribution in [2.45, 2.75) is 57.0 Å². The summed E-state index contributed by atoms with van der Waals surface area (Å²) >= 11 is 0. The van der Waals surface area contributed by atoms with E-state index in [1.54, 1.807) is 0 Å².